The predicted molar refractivity (Wildman–Crippen MR) is 125 cm³/mol. The largest absolute Gasteiger partial charge is 0.493 e. The van der Waals surface area contributed by atoms with Crippen LogP contribution in [0.5, 0.6) is 11.5 Å². The lowest BCUT2D eigenvalue weighted by atomic mass is 10.1. The number of H-pyrrole nitrogens is 1. The van der Waals surface area contributed by atoms with Gasteiger partial charge in [0.15, 0.2) is 16.3 Å². The van der Waals surface area contributed by atoms with Crippen LogP contribution in [0.2, 0.25) is 0 Å². The quantitative estimate of drug-likeness (QED) is 0.340. The number of hydrogen-bond donors (Lipinski definition) is 1. The van der Waals surface area contributed by atoms with Crippen molar-refractivity contribution in [2.75, 3.05) is 27.9 Å². The number of aromatic amines is 1. The van der Waals surface area contributed by atoms with Gasteiger partial charge in [0.2, 0.25) is 0 Å². The van der Waals surface area contributed by atoms with Crippen LogP contribution in [0.25, 0.3) is 10.9 Å². The van der Waals surface area contributed by atoms with Gasteiger partial charge in [0.05, 0.1) is 18.0 Å². The van der Waals surface area contributed by atoms with E-state index in [2.05, 4.69) is 9.72 Å². The fourth-order valence-corrected chi connectivity index (χ4v) is 3.81. The van der Waals surface area contributed by atoms with Crippen LogP contribution in [-0.2, 0) is 17.8 Å². The van der Waals surface area contributed by atoms with Crippen molar-refractivity contribution in [3.8, 4) is 11.5 Å². The fourth-order valence-electron chi connectivity index (χ4n) is 3.53. The summed E-state index contributed by atoms with van der Waals surface area (Å²) in [6.07, 6.45) is 0.640. The van der Waals surface area contributed by atoms with Crippen molar-refractivity contribution >= 4 is 29.0 Å². The number of carbonyl (C=O) groups excluding carboxylic acids is 1. The zero-order valence-electron chi connectivity index (χ0n) is 19.0. The van der Waals surface area contributed by atoms with Gasteiger partial charge in [0.1, 0.15) is 0 Å². The van der Waals surface area contributed by atoms with Crippen LogP contribution < -0.4 is 15.0 Å². The van der Waals surface area contributed by atoms with Crippen LogP contribution in [0.1, 0.15) is 22.3 Å². The SMILES string of the molecule is COCCCn1c(=S)[nH]c2cc(C(=O)N(C)Cc3ccc(OC(F)F)c(OC)c3)ccc2c1=O. The summed E-state index contributed by atoms with van der Waals surface area (Å²) in [7, 11) is 4.54. The Morgan fingerprint density at radius 3 is 2.62 bits per heavy atom. The van der Waals surface area contributed by atoms with Gasteiger partial charge in [-0.25, -0.2) is 0 Å². The average Bonchev–Trinajstić information content (AvgIpc) is 2.80. The molecule has 34 heavy (non-hydrogen) atoms. The minimum absolute atomic E-state index is 0.0899. The first-order valence-electron chi connectivity index (χ1n) is 10.4. The van der Waals surface area contributed by atoms with Crippen LogP contribution in [0.3, 0.4) is 0 Å². The molecule has 0 spiro atoms. The molecule has 1 heterocycles. The third kappa shape index (κ3) is 5.78. The van der Waals surface area contributed by atoms with Crippen LogP contribution >= 0.6 is 12.2 Å². The number of alkyl halides is 2. The van der Waals surface area contributed by atoms with E-state index >= 15 is 0 Å². The lowest BCUT2D eigenvalue weighted by Crippen LogP contribution is -2.27. The number of methoxy groups -OCH3 is 2. The molecule has 0 radical (unpaired) electrons. The van der Waals surface area contributed by atoms with Gasteiger partial charge in [-0.1, -0.05) is 6.07 Å². The molecule has 0 saturated carbocycles. The summed E-state index contributed by atoms with van der Waals surface area (Å²) in [4.78, 5) is 30.3. The summed E-state index contributed by atoms with van der Waals surface area (Å²) in [6, 6.07) is 9.24. The Bertz CT molecular complexity index is 1290. The Labute approximate surface area is 199 Å². The van der Waals surface area contributed by atoms with E-state index in [9.17, 15) is 18.4 Å². The number of carbonyl (C=O) groups is 1. The molecule has 3 rings (SSSR count). The van der Waals surface area contributed by atoms with E-state index in [4.69, 9.17) is 21.7 Å². The van der Waals surface area contributed by atoms with Crippen molar-refractivity contribution in [3.63, 3.8) is 0 Å². The van der Waals surface area contributed by atoms with E-state index in [1.165, 1.54) is 28.7 Å². The highest BCUT2D eigenvalue weighted by Gasteiger charge is 2.16. The number of benzene rings is 2. The highest BCUT2D eigenvalue weighted by atomic mass is 32.1. The monoisotopic (exact) mass is 493 g/mol. The van der Waals surface area contributed by atoms with Gasteiger partial charge in [0.25, 0.3) is 11.5 Å². The maximum Gasteiger partial charge on any atom is 0.387 e. The van der Waals surface area contributed by atoms with E-state index in [1.54, 1.807) is 38.4 Å². The number of amides is 1. The smallest absolute Gasteiger partial charge is 0.387 e. The number of nitrogens with zero attached hydrogens (tertiary/aromatic N) is 2. The predicted octanol–water partition coefficient (Wildman–Crippen LogP) is 3.98. The maximum absolute atomic E-state index is 13.0. The second kappa shape index (κ2) is 11.2. The topological polar surface area (TPSA) is 85.8 Å². The Morgan fingerprint density at radius 2 is 1.94 bits per heavy atom. The molecule has 3 aromatic rings. The minimum Gasteiger partial charge on any atom is -0.493 e. The first-order chi connectivity index (χ1) is 16.2. The molecule has 1 amide bonds. The van der Waals surface area contributed by atoms with E-state index in [0.29, 0.717) is 41.6 Å². The number of aromatic nitrogens is 2. The minimum atomic E-state index is -2.97. The number of nitrogens with one attached hydrogen (secondary N) is 1. The Balaban J connectivity index is 1.81. The molecule has 8 nitrogen and oxygen atoms in total. The molecule has 11 heteroatoms. The zero-order chi connectivity index (χ0) is 24.8. The summed E-state index contributed by atoms with van der Waals surface area (Å²) in [5, 5.41) is 0.421. The van der Waals surface area contributed by atoms with Crippen molar-refractivity contribution in [1.82, 2.24) is 14.5 Å². The van der Waals surface area contributed by atoms with E-state index in [-0.39, 0.29) is 34.3 Å². The Kier molecular flexibility index (Phi) is 8.35. The molecular weight excluding hydrogens is 468 g/mol. The van der Waals surface area contributed by atoms with Gasteiger partial charge in [-0.05, 0) is 54.5 Å². The zero-order valence-corrected chi connectivity index (χ0v) is 19.8. The van der Waals surface area contributed by atoms with Gasteiger partial charge >= 0.3 is 6.61 Å². The summed E-state index contributed by atoms with van der Waals surface area (Å²) >= 11 is 5.33. The van der Waals surface area contributed by atoms with Gasteiger partial charge in [0, 0.05) is 39.4 Å². The lowest BCUT2D eigenvalue weighted by Gasteiger charge is -2.19. The molecule has 0 aliphatic carbocycles. The Hall–Kier alpha value is -3.31. The normalized spacial score (nSPS) is 11.1. The molecule has 0 unspecified atom stereocenters. The highest BCUT2D eigenvalue weighted by molar-refractivity contribution is 7.71. The third-order valence-corrected chi connectivity index (χ3v) is 5.49. The van der Waals surface area contributed by atoms with Gasteiger partial charge in [-0.15, -0.1) is 0 Å². The van der Waals surface area contributed by atoms with Crippen molar-refractivity contribution in [3.05, 3.63) is 62.6 Å². The third-order valence-electron chi connectivity index (χ3n) is 5.17. The molecule has 1 N–H and O–H groups in total. The summed E-state index contributed by atoms with van der Waals surface area (Å²) < 4.78 is 41.4. The molecule has 1 aromatic heterocycles. The standard InChI is InChI=1S/C23H25F2N3O5S/c1-27(13-14-5-8-18(33-22(24)25)19(11-14)32-3)20(29)15-6-7-16-17(12-15)26-23(34)28(21(16)30)9-4-10-31-2/h5-8,11-12,22H,4,9-10,13H2,1-3H3,(H,26,34). The van der Waals surface area contributed by atoms with Crippen LogP contribution in [0.15, 0.2) is 41.2 Å². The molecule has 0 bridgehead atoms. The second-order valence-corrected chi connectivity index (χ2v) is 7.91. The van der Waals surface area contributed by atoms with Gasteiger partial charge in [-0.2, -0.15) is 8.78 Å². The molecule has 182 valence electrons. The van der Waals surface area contributed by atoms with Crippen LogP contribution in [-0.4, -0.2) is 54.8 Å². The number of hydrogen-bond acceptors (Lipinski definition) is 6. The Morgan fingerprint density at radius 1 is 1.18 bits per heavy atom. The molecule has 0 aliphatic rings. The summed E-state index contributed by atoms with van der Waals surface area (Å²) in [5.41, 5.74) is 1.25. The van der Waals surface area contributed by atoms with Gasteiger partial charge < -0.3 is 24.1 Å². The second-order valence-electron chi connectivity index (χ2n) is 7.52. The van der Waals surface area contributed by atoms with Crippen molar-refractivity contribution in [2.24, 2.45) is 0 Å². The van der Waals surface area contributed by atoms with E-state index in [1.807, 2.05) is 0 Å². The molecule has 0 aliphatic heterocycles. The maximum atomic E-state index is 13.0. The van der Waals surface area contributed by atoms with Crippen molar-refractivity contribution in [2.45, 2.75) is 26.1 Å². The van der Waals surface area contributed by atoms with Crippen LogP contribution in [0.4, 0.5) is 8.78 Å². The van der Waals surface area contributed by atoms with Crippen LogP contribution in [0, 0.1) is 4.77 Å². The summed E-state index contributed by atoms with van der Waals surface area (Å²) in [6.45, 7) is -1.85. The lowest BCUT2D eigenvalue weighted by molar-refractivity contribution is -0.0512. The van der Waals surface area contributed by atoms with Crippen molar-refractivity contribution in [1.29, 1.82) is 0 Å². The molecule has 2 aromatic carbocycles. The van der Waals surface area contributed by atoms with Gasteiger partial charge in [-0.3, -0.25) is 14.2 Å². The van der Waals surface area contributed by atoms with Crippen molar-refractivity contribution < 1.29 is 27.8 Å². The molecule has 0 saturated heterocycles. The fraction of sp³-hybridized carbons (Fsp3) is 0.348. The summed E-state index contributed by atoms with van der Waals surface area (Å²) in [5.74, 6) is -0.246. The van der Waals surface area contributed by atoms with E-state index < -0.39 is 6.61 Å². The molecule has 0 atom stereocenters. The number of rotatable bonds is 10. The molecule has 0 fully saturated rings. The first-order valence-corrected chi connectivity index (χ1v) is 10.8. The van der Waals surface area contributed by atoms with E-state index in [0.717, 1.165) is 0 Å². The first kappa shape index (κ1) is 25.3. The highest BCUT2D eigenvalue weighted by Crippen LogP contribution is 2.30. The number of fused-ring (bicyclic) bond motifs is 1. The molecular formula is C23H25F2N3O5S. The average molecular weight is 494 g/mol. The number of halogens is 2. The number of ether oxygens (including phenoxy) is 3.